The summed E-state index contributed by atoms with van der Waals surface area (Å²) in [5.74, 6) is 1.01. The number of carbonyl (C=O) groups is 1. The van der Waals surface area contributed by atoms with E-state index >= 15 is 0 Å². The Morgan fingerprint density at radius 3 is 2.35 bits per heavy atom. The van der Waals surface area contributed by atoms with Crippen LogP contribution >= 0.6 is 0 Å². The Bertz CT molecular complexity index is 568. The zero-order valence-electron chi connectivity index (χ0n) is 11.2. The van der Waals surface area contributed by atoms with Gasteiger partial charge in [-0.2, -0.15) is 0 Å². The summed E-state index contributed by atoms with van der Waals surface area (Å²) < 4.78 is 5.37. The predicted octanol–water partition coefficient (Wildman–Crippen LogP) is 3.67. The van der Waals surface area contributed by atoms with Crippen molar-refractivity contribution in [2.45, 2.75) is 12.3 Å². The van der Waals surface area contributed by atoms with Crippen LogP contribution in [-0.4, -0.2) is 24.1 Å². The molecule has 1 heterocycles. The minimum Gasteiger partial charge on any atom is -0.410 e. The average Bonchev–Trinajstić information content (AvgIpc) is 2.99. The van der Waals surface area contributed by atoms with E-state index in [4.69, 9.17) is 4.74 Å². The lowest BCUT2D eigenvalue weighted by Crippen LogP contribution is -2.31. The monoisotopic (exact) mass is 267 g/mol. The summed E-state index contributed by atoms with van der Waals surface area (Å²) in [5, 5.41) is 0. The third kappa shape index (κ3) is 2.82. The molecule has 1 amide bonds. The maximum absolute atomic E-state index is 12.1. The number of benzene rings is 2. The maximum Gasteiger partial charge on any atom is 0.415 e. The van der Waals surface area contributed by atoms with E-state index in [0.29, 0.717) is 11.7 Å². The molecule has 0 saturated carbocycles. The topological polar surface area (TPSA) is 29.5 Å². The normalized spacial score (nSPS) is 18.0. The summed E-state index contributed by atoms with van der Waals surface area (Å²) in [6.45, 7) is 1.49. The lowest BCUT2D eigenvalue weighted by molar-refractivity contribution is 0.162. The van der Waals surface area contributed by atoms with Crippen LogP contribution in [0.3, 0.4) is 0 Å². The van der Waals surface area contributed by atoms with Crippen LogP contribution in [0.5, 0.6) is 5.75 Å². The molecular weight excluding hydrogens is 250 g/mol. The fraction of sp³-hybridized carbons (Fsp3) is 0.235. The third-order valence-electron chi connectivity index (χ3n) is 3.67. The van der Waals surface area contributed by atoms with Crippen molar-refractivity contribution < 1.29 is 9.53 Å². The second kappa shape index (κ2) is 5.78. The van der Waals surface area contributed by atoms with Gasteiger partial charge in [0, 0.05) is 19.0 Å². The van der Waals surface area contributed by atoms with Gasteiger partial charge >= 0.3 is 6.09 Å². The smallest absolute Gasteiger partial charge is 0.410 e. The first-order valence-corrected chi connectivity index (χ1v) is 6.89. The number of carbonyl (C=O) groups excluding carboxylic acids is 1. The van der Waals surface area contributed by atoms with Crippen molar-refractivity contribution >= 4 is 6.09 Å². The highest BCUT2D eigenvalue weighted by atomic mass is 16.6. The van der Waals surface area contributed by atoms with Gasteiger partial charge in [-0.25, -0.2) is 4.79 Å². The van der Waals surface area contributed by atoms with Crippen LogP contribution in [-0.2, 0) is 0 Å². The molecule has 3 heteroatoms. The fourth-order valence-corrected chi connectivity index (χ4v) is 2.58. The first kappa shape index (κ1) is 12.7. The summed E-state index contributed by atoms with van der Waals surface area (Å²) in [5.41, 5.74) is 1.29. The Morgan fingerprint density at radius 1 is 1.00 bits per heavy atom. The molecule has 102 valence electrons. The van der Waals surface area contributed by atoms with Gasteiger partial charge in [-0.3, -0.25) is 0 Å². The molecule has 0 spiro atoms. The lowest BCUT2D eigenvalue weighted by Gasteiger charge is -2.16. The highest BCUT2D eigenvalue weighted by Crippen LogP contribution is 2.27. The van der Waals surface area contributed by atoms with Crippen LogP contribution < -0.4 is 4.74 Å². The van der Waals surface area contributed by atoms with E-state index in [2.05, 4.69) is 12.1 Å². The van der Waals surface area contributed by atoms with E-state index in [1.54, 1.807) is 17.0 Å². The van der Waals surface area contributed by atoms with Gasteiger partial charge < -0.3 is 9.64 Å². The molecule has 0 aromatic heterocycles. The zero-order chi connectivity index (χ0) is 13.8. The number of ether oxygens (including phenoxy) is 1. The number of hydrogen-bond donors (Lipinski definition) is 0. The molecule has 1 fully saturated rings. The highest BCUT2D eigenvalue weighted by molar-refractivity contribution is 5.71. The summed E-state index contributed by atoms with van der Waals surface area (Å²) in [4.78, 5) is 13.9. The summed E-state index contributed by atoms with van der Waals surface area (Å²) >= 11 is 0. The van der Waals surface area contributed by atoms with Crippen molar-refractivity contribution in [2.24, 2.45) is 0 Å². The predicted molar refractivity (Wildman–Crippen MR) is 77.8 cm³/mol. The molecule has 0 radical (unpaired) electrons. The number of nitrogens with zero attached hydrogens (tertiary/aromatic N) is 1. The van der Waals surface area contributed by atoms with E-state index in [9.17, 15) is 4.79 Å². The van der Waals surface area contributed by atoms with Crippen LogP contribution in [0.2, 0.25) is 0 Å². The molecule has 0 bridgehead atoms. The number of hydrogen-bond acceptors (Lipinski definition) is 2. The molecule has 0 aliphatic carbocycles. The van der Waals surface area contributed by atoms with Crippen LogP contribution in [0.4, 0.5) is 4.79 Å². The molecule has 2 aromatic rings. The molecule has 1 saturated heterocycles. The molecule has 1 aliphatic rings. The number of para-hydroxylation sites is 1. The van der Waals surface area contributed by atoms with Crippen LogP contribution in [0, 0.1) is 0 Å². The maximum atomic E-state index is 12.1. The van der Waals surface area contributed by atoms with Crippen molar-refractivity contribution in [3.8, 4) is 5.75 Å². The van der Waals surface area contributed by atoms with Crippen molar-refractivity contribution in [1.82, 2.24) is 4.90 Å². The van der Waals surface area contributed by atoms with Crippen LogP contribution in [0.15, 0.2) is 60.7 Å². The molecule has 20 heavy (non-hydrogen) atoms. The van der Waals surface area contributed by atoms with E-state index in [0.717, 1.165) is 19.5 Å². The van der Waals surface area contributed by atoms with Crippen molar-refractivity contribution in [2.75, 3.05) is 13.1 Å². The van der Waals surface area contributed by atoms with Gasteiger partial charge in [0.05, 0.1) is 0 Å². The molecule has 1 atom stereocenters. The van der Waals surface area contributed by atoms with Gasteiger partial charge in [0.15, 0.2) is 0 Å². The van der Waals surface area contributed by atoms with Gasteiger partial charge in [0.2, 0.25) is 0 Å². The van der Waals surface area contributed by atoms with Crippen molar-refractivity contribution in [1.29, 1.82) is 0 Å². The highest BCUT2D eigenvalue weighted by Gasteiger charge is 2.28. The van der Waals surface area contributed by atoms with Crippen LogP contribution in [0.1, 0.15) is 17.9 Å². The van der Waals surface area contributed by atoms with E-state index < -0.39 is 0 Å². The first-order valence-electron chi connectivity index (χ1n) is 6.89. The van der Waals surface area contributed by atoms with E-state index in [-0.39, 0.29) is 6.09 Å². The van der Waals surface area contributed by atoms with Gasteiger partial charge in [0.1, 0.15) is 5.75 Å². The Morgan fingerprint density at radius 2 is 1.65 bits per heavy atom. The second-order valence-electron chi connectivity index (χ2n) is 5.02. The summed E-state index contributed by atoms with van der Waals surface area (Å²) in [6.07, 6.45) is 0.739. The SMILES string of the molecule is O=C(Oc1ccccc1)N1CCC(c2ccccc2)C1. The largest absolute Gasteiger partial charge is 0.415 e. The van der Waals surface area contributed by atoms with Crippen LogP contribution in [0.25, 0.3) is 0 Å². The molecule has 3 rings (SSSR count). The standard InChI is InChI=1S/C17H17NO2/c19-17(20-16-9-5-2-6-10-16)18-12-11-15(13-18)14-7-3-1-4-8-14/h1-10,15H,11-13H2. The molecule has 2 aromatic carbocycles. The minimum atomic E-state index is -0.255. The first-order chi connectivity index (χ1) is 9.83. The Balaban J connectivity index is 1.61. The number of rotatable bonds is 2. The Labute approximate surface area is 118 Å². The Hall–Kier alpha value is -2.29. The van der Waals surface area contributed by atoms with Gasteiger partial charge in [0.25, 0.3) is 0 Å². The number of likely N-dealkylation sites (tertiary alicyclic amines) is 1. The van der Waals surface area contributed by atoms with E-state index in [1.165, 1.54) is 5.56 Å². The average molecular weight is 267 g/mol. The molecule has 0 N–H and O–H groups in total. The fourth-order valence-electron chi connectivity index (χ4n) is 2.58. The number of amides is 1. The third-order valence-corrected chi connectivity index (χ3v) is 3.67. The Kier molecular flexibility index (Phi) is 3.68. The van der Waals surface area contributed by atoms with Crippen molar-refractivity contribution in [3.63, 3.8) is 0 Å². The zero-order valence-corrected chi connectivity index (χ0v) is 11.2. The summed E-state index contributed by atoms with van der Waals surface area (Å²) in [7, 11) is 0. The second-order valence-corrected chi connectivity index (χ2v) is 5.02. The van der Waals surface area contributed by atoms with Crippen molar-refractivity contribution in [3.05, 3.63) is 66.2 Å². The summed E-state index contributed by atoms with van der Waals surface area (Å²) in [6, 6.07) is 19.6. The molecule has 3 nitrogen and oxygen atoms in total. The van der Waals surface area contributed by atoms with E-state index in [1.807, 2.05) is 36.4 Å². The molecular formula is C17H17NO2. The lowest BCUT2D eigenvalue weighted by atomic mass is 9.99. The quantitative estimate of drug-likeness (QED) is 0.830. The minimum absolute atomic E-state index is 0.255. The molecule has 1 unspecified atom stereocenters. The molecule has 1 aliphatic heterocycles. The van der Waals surface area contributed by atoms with Gasteiger partial charge in [-0.05, 0) is 24.1 Å². The van der Waals surface area contributed by atoms with Gasteiger partial charge in [-0.15, -0.1) is 0 Å². The van der Waals surface area contributed by atoms with Gasteiger partial charge in [-0.1, -0.05) is 48.5 Å².